The summed E-state index contributed by atoms with van der Waals surface area (Å²) in [5.74, 6) is 0.747. The minimum atomic E-state index is -4.73. The Morgan fingerprint density at radius 2 is 1.81 bits per heavy atom. The zero-order valence-corrected chi connectivity index (χ0v) is 17.8. The Labute approximate surface area is 180 Å². The Bertz CT molecular complexity index is 982. The first-order chi connectivity index (χ1) is 14.8. The fourth-order valence-corrected chi connectivity index (χ4v) is 3.89. The molecular weight excluding hydrogens is 427 g/mol. The molecule has 10 heteroatoms. The molecule has 0 spiro atoms. The number of hydrogen-bond acceptors (Lipinski definition) is 7. The maximum Gasteiger partial charge on any atom is 0.407 e. The first-order valence-corrected chi connectivity index (χ1v) is 11.2. The van der Waals surface area contributed by atoms with Gasteiger partial charge in [-0.15, -0.1) is 3.89 Å². The number of nitrogens with one attached hydrogen (secondary N) is 2. The summed E-state index contributed by atoms with van der Waals surface area (Å²) in [6.07, 6.45) is -1.19. The second kappa shape index (κ2) is 10.1. The second-order valence-electron chi connectivity index (χ2n) is 7.26. The lowest BCUT2D eigenvalue weighted by molar-refractivity contribution is 0.0191. The number of hydrogen-bond donors (Lipinski definition) is 3. The highest BCUT2D eigenvalue weighted by atomic mass is 32.3. The summed E-state index contributed by atoms with van der Waals surface area (Å²) in [5, 5.41) is 16.0. The molecule has 31 heavy (non-hydrogen) atoms. The van der Waals surface area contributed by atoms with E-state index in [2.05, 4.69) is 10.6 Å². The van der Waals surface area contributed by atoms with Gasteiger partial charge in [0.25, 0.3) is 0 Å². The number of alkyl carbamates (subject to hydrolysis) is 1. The van der Waals surface area contributed by atoms with Crippen LogP contribution in [0.2, 0.25) is 0 Å². The smallest absolute Gasteiger partial charge is 0.407 e. The number of aliphatic hydroxyl groups excluding tert-OH is 1. The van der Waals surface area contributed by atoms with E-state index in [-0.39, 0.29) is 12.6 Å². The number of halogens is 1. The van der Waals surface area contributed by atoms with Crippen molar-refractivity contribution < 1.29 is 31.7 Å². The molecule has 0 bridgehead atoms. The largest absolute Gasteiger partial charge is 0.497 e. The van der Waals surface area contributed by atoms with Gasteiger partial charge in [0.1, 0.15) is 18.0 Å². The number of rotatable bonds is 8. The molecule has 1 aliphatic rings. The number of carbonyl (C=O) groups excluding carboxylic acids is 1. The summed E-state index contributed by atoms with van der Waals surface area (Å²) in [5.41, 5.74) is 1.74. The van der Waals surface area contributed by atoms with Gasteiger partial charge in [0.05, 0.1) is 18.0 Å². The predicted octanol–water partition coefficient (Wildman–Crippen LogP) is 1.57. The van der Waals surface area contributed by atoms with E-state index in [1.165, 1.54) is 24.3 Å². The van der Waals surface area contributed by atoms with Crippen LogP contribution in [-0.4, -0.2) is 58.1 Å². The van der Waals surface area contributed by atoms with E-state index in [9.17, 15) is 22.2 Å². The van der Waals surface area contributed by atoms with E-state index in [0.717, 1.165) is 16.9 Å². The van der Waals surface area contributed by atoms with Gasteiger partial charge in [-0.2, -0.15) is 8.42 Å². The highest BCUT2D eigenvalue weighted by Crippen LogP contribution is 2.19. The minimum absolute atomic E-state index is 0.232. The van der Waals surface area contributed by atoms with Crippen molar-refractivity contribution in [1.29, 1.82) is 0 Å². The lowest BCUT2D eigenvalue weighted by Crippen LogP contribution is -2.41. The van der Waals surface area contributed by atoms with E-state index < -0.39 is 33.4 Å². The zero-order chi connectivity index (χ0) is 22.4. The summed E-state index contributed by atoms with van der Waals surface area (Å²) in [7, 11) is -3.14. The summed E-state index contributed by atoms with van der Waals surface area (Å²) < 4.78 is 45.2. The maximum absolute atomic E-state index is 12.9. The number of methoxy groups -OCH3 is 1. The highest BCUT2D eigenvalue weighted by Gasteiger charge is 2.37. The Kier molecular flexibility index (Phi) is 7.47. The van der Waals surface area contributed by atoms with Crippen molar-refractivity contribution in [3.8, 4) is 5.75 Å². The zero-order valence-electron chi connectivity index (χ0n) is 17.0. The third-order valence-electron chi connectivity index (χ3n) is 5.11. The van der Waals surface area contributed by atoms with Crippen molar-refractivity contribution in [2.45, 2.75) is 36.0 Å². The van der Waals surface area contributed by atoms with Gasteiger partial charge in [0.15, 0.2) is 0 Å². The van der Waals surface area contributed by atoms with Crippen molar-refractivity contribution in [2.24, 2.45) is 0 Å². The molecule has 3 rings (SSSR count). The molecule has 1 unspecified atom stereocenters. The average Bonchev–Trinajstić information content (AvgIpc) is 3.07. The van der Waals surface area contributed by atoms with Crippen molar-refractivity contribution in [2.75, 3.05) is 20.2 Å². The van der Waals surface area contributed by atoms with Crippen LogP contribution in [0.25, 0.3) is 0 Å². The molecule has 0 saturated carbocycles. The van der Waals surface area contributed by atoms with Crippen LogP contribution in [-0.2, 0) is 27.8 Å². The lowest BCUT2D eigenvalue weighted by atomic mass is 10.0. The quantitative estimate of drug-likeness (QED) is 0.521. The van der Waals surface area contributed by atoms with E-state index in [1.54, 1.807) is 7.11 Å². The minimum Gasteiger partial charge on any atom is -0.497 e. The van der Waals surface area contributed by atoms with Crippen LogP contribution in [0.4, 0.5) is 8.68 Å². The first kappa shape index (κ1) is 23.0. The van der Waals surface area contributed by atoms with Gasteiger partial charge in [-0.1, -0.05) is 24.3 Å². The SMILES string of the molecule is COc1ccc(C[C@H]2NCC(O)[C@H]2OC(=O)NCCc2ccc(S(=O)(=O)F)cc2)cc1. The normalized spacial score (nSPS) is 20.9. The van der Waals surface area contributed by atoms with Crippen LogP contribution in [0.3, 0.4) is 0 Å². The van der Waals surface area contributed by atoms with E-state index in [0.29, 0.717) is 19.4 Å². The summed E-state index contributed by atoms with van der Waals surface area (Å²) in [4.78, 5) is 11.8. The van der Waals surface area contributed by atoms with Crippen LogP contribution >= 0.6 is 0 Å². The Hall–Kier alpha value is -2.69. The third kappa shape index (κ3) is 6.39. The topological polar surface area (TPSA) is 114 Å². The number of benzene rings is 2. The highest BCUT2D eigenvalue weighted by molar-refractivity contribution is 7.86. The van der Waals surface area contributed by atoms with E-state index in [4.69, 9.17) is 9.47 Å². The van der Waals surface area contributed by atoms with Gasteiger partial charge in [0.2, 0.25) is 0 Å². The Morgan fingerprint density at radius 1 is 1.16 bits per heavy atom. The van der Waals surface area contributed by atoms with Gasteiger partial charge < -0.3 is 25.2 Å². The lowest BCUT2D eigenvalue weighted by Gasteiger charge is -2.22. The fraction of sp³-hybridized carbons (Fsp3) is 0.381. The van der Waals surface area contributed by atoms with Crippen molar-refractivity contribution in [1.82, 2.24) is 10.6 Å². The number of amides is 1. The number of β-amino-alcohol motifs (C(OH)–C–C–N with tert-alkyl or cyclic N) is 1. The van der Waals surface area contributed by atoms with Crippen LogP contribution in [0, 0.1) is 0 Å². The van der Waals surface area contributed by atoms with Crippen molar-refractivity contribution in [3.05, 3.63) is 59.7 Å². The van der Waals surface area contributed by atoms with Gasteiger partial charge >= 0.3 is 16.3 Å². The standard InChI is InChI=1S/C21H25FN2O6S/c1-29-16-6-2-15(3-7-16)12-18-20(19(25)13-24-18)30-21(26)23-11-10-14-4-8-17(9-5-14)31(22,27)28/h2-9,18-20,24-25H,10-13H2,1H3,(H,23,26)/t18-,19?,20+/m1/s1. The summed E-state index contributed by atoms with van der Waals surface area (Å²) >= 11 is 0. The second-order valence-corrected chi connectivity index (χ2v) is 8.61. The number of ether oxygens (including phenoxy) is 2. The molecule has 1 amide bonds. The molecule has 0 radical (unpaired) electrons. The molecule has 1 aliphatic heterocycles. The fourth-order valence-electron chi connectivity index (χ4n) is 3.43. The van der Waals surface area contributed by atoms with E-state index in [1.807, 2.05) is 24.3 Å². The van der Waals surface area contributed by atoms with Crippen molar-refractivity contribution >= 4 is 16.3 Å². The molecule has 8 nitrogen and oxygen atoms in total. The molecule has 2 aromatic carbocycles. The van der Waals surface area contributed by atoms with Crippen LogP contribution < -0.4 is 15.4 Å². The molecular formula is C21H25FN2O6S. The van der Waals surface area contributed by atoms with Gasteiger partial charge in [-0.25, -0.2) is 4.79 Å². The average molecular weight is 453 g/mol. The van der Waals surface area contributed by atoms with Gasteiger partial charge in [-0.3, -0.25) is 0 Å². The number of aliphatic hydroxyl groups is 1. The molecule has 168 valence electrons. The Morgan fingerprint density at radius 3 is 2.42 bits per heavy atom. The molecule has 2 aromatic rings. The van der Waals surface area contributed by atoms with Crippen LogP contribution in [0.1, 0.15) is 11.1 Å². The summed E-state index contributed by atoms with van der Waals surface area (Å²) in [6, 6.07) is 12.6. The molecule has 0 aromatic heterocycles. The molecule has 3 N–H and O–H groups in total. The predicted molar refractivity (Wildman–Crippen MR) is 111 cm³/mol. The van der Waals surface area contributed by atoms with Crippen LogP contribution in [0.5, 0.6) is 5.75 Å². The number of carbonyl (C=O) groups is 1. The summed E-state index contributed by atoms with van der Waals surface area (Å²) in [6.45, 7) is 0.558. The molecule has 1 heterocycles. The Balaban J connectivity index is 1.48. The van der Waals surface area contributed by atoms with Crippen molar-refractivity contribution in [3.63, 3.8) is 0 Å². The maximum atomic E-state index is 12.9. The van der Waals surface area contributed by atoms with Crippen LogP contribution in [0.15, 0.2) is 53.4 Å². The molecule has 3 atom stereocenters. The van der Waals surface area contributed by atoms with E-state index >= 15 is 0 Å². The first-order valence-electron chi connectivity index (χ1n) is 9.79. The van der Waals surface area contributed by atoms with Gasteiger partial charge in [-0.05, 0) is 48.2 Å². The van der Waals surface area contributed by atoms with Gasteiger partial charge in [0, 0.05) is 13.1 Å². The molecule has 0 aliphatic carbocycles. The molecule has 1 saturated heterocycles. The molecule has 1 fully saturated rings. The third-order valence-corrected chi connectivity index (χ3v) is 5.95. The monoisotopic (exact) mass is 452 g/mol.